The maximum atomic E-state index is 13.2. The van der Waals surface area contributed by atoms with Crippen LogP contribution in [0.4, 0.5) is 30.7 Å². The third-order valence-corrected chi connectivity index (χ3v) is 3.97. The number of hydrogen-bond acceptors (Lipinski definition) is 2. The fraction of sp³-hybridized carbons (Fsp3) is 0.750. The molecule has 21 heavy (non-hydrogen) atoms. The second kappa shape index (κ2) is 4.88. The zero-order valence-electron chi connectivity index (χ0n) is 10.5. The molecule has 2 bridgehead atoms. The molecular weight excluding hydrogens is 309 g/mol. The van der Waals surface area contributed by atoms with E-state index >= 15 is 0 Å². The number of allylic oxidation sites excluding steroid dienone is 2. The highest BCUT2D eigenvalue weighted by molar-refractivity contribution is 5.79. The van der Waals surface area contributed by atoms with Crippen LogP contribution in [0.2, 0.25) is 0 Å². The molecule has 0 amide bonds. The van der Waals surface area contributed by atoms with E-state index in [0.717, 1.165) is 0 Å². The van der Waals surface area contributed by atoms with E-state index in [1.54, 1.807) is 0 Å². The number of carbonyl (C=O) groups excluding carboxylic acids is 1. The molecule has 0 N–H and O–H groups in total. The molecule has 0 aliphatic heterocycles. The quantitative estimate of drug-likeness (QED) is 0.450. The van der Waals surface area contributed by atoms with E-state index < -0.39 is 54.8 Å². The van der Waals surface area contributed by atoms with Gasteiger partial charge in [0, 0.05) is 5.92 Å². The van der Waals surface area contributed by atoms with Crippen molar-refractivity contribution in [3.8, 4) is 0 Å². The van der Waals surface area contributed by atoms with E-state index in [4.69, 9.17) is 0 Å². The molecule has 0 heterocycles. The second-order valence-electron chi connectivity index (χ2n) is 5.30. The molecule has 1 fully saturated rings. The number of rotatable bonds is 4. The van der Waals surface area contributed by atoms with Gasteiger partial charge in [0.05, 0.1) is 0 Å². The summed E-state index contributed by atoms with van der Waals surface area (Å²) in [6, 6.07) is 0. The van der Waals surface area contributed by atoms with Crippen LogP contribution < -0.4 is 0 Å². The lowest BCUT2D eigenvalue weighted by Gasteiger charge is -2.35. The zero-order chi connectivity index (χ0) is 16.1. The fourth-order valence-corrected chi connectivity index (χ4v) is 2.89. The van der Waals surface area contributed by atoms with Gasteiger partial charge in [-0.2, -0.15) is 22.0 Å². The average molecular weight is 320 g/mol. The van der Waals surface area contributed by atoms with Crippen LogP contribution in [-0.4, -0.2) is 31.1 Å². The molecular formula is C12H11F7O2. The lowest BCUT2D eigenvalue weighted by Crippen LogP contribution is -2.50. The Labute approximate surface area is 114 Å². The van der Waals surface area contributed by atoms with Crippen LogP contribution in [0.3, 0.4) is 0 Å². The Morgan fingerprint density at radius 2 is 1.86 bits per heavy atom. The first-order valence-electron chi connectivity index (χ1n) is 6.09. The van der Waals surface area contributed by atoms with Gasteiger partial charge in [0.15, 0.2) is 12.0 Å². The first-order chi connectivity index (χ1) is 9.50. The topological polar surface area (TPSA) is 26.3 Å². The molecule has 2 aliphatic rings. The smallest absolute Gasteiger partial charge is 0.405 e. The summed E-state index contributed by atoms with van der Waals surface area (Å²) in [5, 5.41) is 0. The maximum Gasteiger partial charge on any atom is 0.405 e. The van der Waals surface area contributed by atoms with Crippen LogP contribution >= 0.6 is 0 Å². The number of ether oxygens (including phenoxy) is 1. The Balaban J connectivity index is 2.17. The second-order valence-corrected chi connectivity index (χ2v) is 5.30. The van der Waals surface area contributed by atoms with Crippen LogP contribution in [0.5, 0.6) is 0 Å². The summed E-state index contributed by atoms with van der Waals surface area (Å²) in [4.78, 5) is 11.7. The number of esters is 1. The predicted octanol–water partition coefficient (Wildman–Crippen LogP) is 3.57. The van der Waals surface area contributed by atoms with Gasteiger partial charge in [0.25, 0.3) is 0 Å². The summed E-state index contributed by atoms with van der Waals surface area (Å²) in [7, 11) is 0. The van der Waals surface area contributed by atoms with Gasteiger partial charge in [0.1, 0.15) is 0 Å². The van der Waals surface area contributed by atoms with Gasteiger partial charge < -0.3 is 4.74 Å². The monoisotopic (exact) mass is 320 g/mol. The van der Waals surface area contributed by atoms with Gasteiger partial charge in [-0.25, -0.2) is 8.78 Å². The lowest BCUT2D eigenvalue weighted by atomic mass is 9.75. The standard InChI is InChI=1S/C12H11F7O2/c13-8(14)11(15,16)5-21-9(20)10(12(17,18)19)4-6-1-2-7(10)3-6/h1-2,6-8H,3-5H2. The SMILES string of the molecule is O=C(OCC(F)(F)C(F)F)C1(C(F)(F)F)CC2C=CC1C2. The highest BCUT2D eigenvalue weighted by Gasteiger charge is 2.69. The molecule has 0 spiro atoms. The summed E-state index contributed by atoms with van der Waals surface area (Å²) in [5.74, 6) is -8.27. The number of halogens is 7. The molecule has 2 aliphatic carbocycles. The average Bonchev–Trinajstić information content (AvgIpc) is 2.95. The van der Waals surface area contributed by atoms with Gasteiger partial charge in [-0.05, 0) is 18.8 Å². The molecule has 120 valence electrons. The number of carbonyl (C=O) groups is 1. The molecule has 0 aromatic carbocycles. The largest absolute Gasteiger partial charge is 0.458 e. The van der Waals surface area contributed by atoms with Crippen molar-refractivity contribution in [2.75, 3.05) is 6.61 Å². The van der Waals surface area contributed by atoms with Crippen molar-refractivity contribution in [1.29, 1.82) is 0 Å². The molecule has 0 radical (unpaired) electrons. The van der Waals surface area contributed by atoms with Crippen molar-refractivity contribution in [3.63, 3.8) is 0 Å². The summed E-state index contributed by atoms with van der Waals surface area (Å²) in [6.45, 7) is -2.07. The molecule has 0 aromatic rings. The summed E-state index contributed by atoms with van der Waals surface area (Å²) in [5.41, 5.74) is -2.91. The van der Waals surface area contributed by atoms with Crippen molar-refractivity contribution in [1.82, 2.24) is 0 Å². The van der Waals surface area contributed by atoms with E-state index in [0.29, 0.717) is 0 Å². The number of alkyl halides is 7. The van der Waals surface area contributed by atoms with Crippen LogP contribution in [0.1, 0.15) is 12.8 Å². The van der Waals surface area contributed by atoms with Gasteiger partial charge in [-0.3, -0.25) is 4.79 Å². The van der Waals surface area contributed by atoms with Crippen molar-refractivity contribution in [2.24, 2.45) is 17.3 Å². The lowest BCUT2D eigenvalue weighted by molar-refractivity contribution is -0.248. The Morgan fingerprint density at radius 1 is 1.24 bits per heavy atom. The van der Waals surface area contributed by atoms with Crippen molar-refractivity contribution in [3.05, 3.63) is 12.2 Å². The van der Waals surface area contributed by atoms with Crippen LogP contribution in [-0.2, 0) is 9.53 Å². The van der Waals surface area contributed by atoms with Crippen molar-refractivity contribution < 1.29 is 40.3 Å². The molecule has 2 rings (SSSR count). The fourth-order valence-electron chi connectivity index (χ4n) is 2.89. The zero-order valence-corrected chi connectivity index (χ0v) is 10.5. The molecule has 9 heteroatoms. The van der Waals surface area contributed by atoms with E-state index in [1.807, 2.05) is 0 Å². The van der Waals surface area contributed by atoms with Crippen LogP contribution in [0.15, 0.2) is 12.2 Å². The molecule has 0 saturated heterocycles. The summed E-state index contributed by atoms with van der Waals surface area (Å²) >= 11 is 0. The minimum absolute atomic E-state index is 0.0693. The van der Waals surface area contributed by atoms with E-state index in [2.05, 4.69) is 4.74 Å². The first-order valence-corrected chi connectivity index (χ1v) is 6.09. The highest BCUT2D eigenvalue weighted by Crippen LogP contribution is 2.60. The third kappa shape index (κ3) is 2.50. The Morgan fingerprint density at radius 3 is 2.24 bits per heavy atom. The number of fused-ring (bicyclic) bond motifs is 2. The molecule has 0 aromatic heterocycles. The van der Waals surface area contributed by atoms with Gasteiger partial charge in [0.2, 0.25) is 0 Å². The van der Waals surface area contributed by atoms with Crippen molar-refractivity contribution >= 4 is 5.97 Å². The minimum atomic E-state index is -4.99. The van der Waals surface area contributed by atoms with E-state index in [1.165, 1.54) is 12.2 Å². The molecule has 3 unspecified atom stereocenters. The van der Waals surface area contributed by atoms with Crippen LogP contribution in [0.25, 0.3) is 0 Å². The normalized spacial score (nSPS) is 32.0. The van der Waals surface area contributed by atoms with E-state index in [9.17, 15) is 35.5 Å². The predicted molar refractivity (Wildman–Crippen MR) is 55.8 cm³/mol. The first kappa shape index (κ1) is 16.1. The summed E-state index contributed by atoms with van der Waals surface area (Å²) in [6.07, 6.45) is -6.92. The number of hydrogen-bond donors (Lipinski definition) is 0. The van der Waals surface area contributed by atoms with Gasteiger partial charge in [-0.15, -0.1) is 0 Å². The van der Waals surface area contributed by atoms with Gasteiger partial charge >= 0.3 is 24.5 Å². The Kier molecular flexibility index (Phi) is 3.74. The maximum absolute atomic E-state index is 13.2. The van der Waals surface area contributed by atoms with Crippen molar-refractivity contribution in [2.45, 2.75) is 31.4 Å². The molecule has 2 nitrogen and oxygen atoms in total. The molecule has 3 atom stereocenters. The Bertz CT molecular complexity index is 457. The van der Waals surface area contributed by atoms with Crippen LogP contribution in [0, 0.1) is 17.3 Å². The van der Waals surface area contributed by atoms with E-state index in [-0.39, 0.29) is 6.42 Å². The third-order valence-electron chi connectivity index (χ3n) is 3.97. The highest BCUT2D eigenvalue weighted by atomic mass is 19.4. The summed E-state index contributed by atoms with van der Waals surface area (Å²) < 4.78 is 92.9. The van der Waals surface area contributed by atoms with Gasteiger partial charge in [-0.1, -0.05) is 12.2 Å². The molecule has 1 saturated carbocycles. The Hall–Kier alpha value is -1.28. The minimum Gasteiger partial charge on any atom is -0.458 e.